The zero-order valence-corrected chi connectivity index (χ0v) is 20.3. The second kappa shape index (κ2) is 11.9. The Labute approximate surface area is 200 Å². The lowest BCUT2D eigenvalue weighted by molar-refractivity contribution is -0.191. The van der Waals surface area contributed by atoms with E-state index in [4.69, 9.17) is 14.3 Å². The first kappa shape index (κ1) is 26.5. The Morgan fingerprint density at radius 3 is 2.09 bits per heavy atom. The molecule has 0 bridgehead atoms. The quantitative estimate of drug-likeness (QED) is 0.347. The molecule has 0 aliphatic rings. The molecular formula is C28H31NO5. The molecule has 0 aliphatic carbocycles. The molecule has 6 heteroatoms. The summed E-state index contributed by atoms with van der Waals surface area (Å²) in [5.74, 6) is -0.684. The Morgan fingerprint density at radius 2 is 1.50 bits per heavy atom. The van der Waals surface area contributed by atoms with Gasteiger partial charge in [0.25, 0.3) is 0 Å². The Bertz CT molecular complexity index is 1160. The van der Waals surface area contributed by atoms with Crippen molar-refractivity contribution in [2.45, 2.75) is 52.7 Å². The molecule has 0 heterocycles. The van der Waals surface area contributed by atoms with Gasteiger partial charge in [-0.15, -0.1) is 0 Å². The maximum Gasteiger partial charge on any atom is 0.373 e. The highest BCUT2D eigenvalue weighted by molar-refractivity contribution is 6.10. The van der Waals surface area contributed by atoms with Crippen LogP contribution < -0.4 is 5.32 Å². The number of rotatable bonds is 8. The predicted octanol–water partition coefficient (Wildman–Crippen LogP) is 5.60. The third kappa shape index (κ3) is 6.40. The fraction of sp³-hybridized carbons (Fsp3) is 0.321. The summed E-state index contributed by atoms with van der Waals surface area (Å²) in [5, 5.41) is 5.27. The number of nitrogens with one attached hydrogen (secondary N) is 1. The van der Waals surface area contributed by atoms with E-state index < -0.39 is 11.5 Å². The molecule has 0 saturated carbocycles. The number of ether oxygens (including phenoxy) is 1. The third-order valence-electron chi connectivity index (χ3n) is 5.64. The van der Waals surface area contributed by atoms with Gasteiger partial charge in [0.1, 0.15) is 5.54 Å². The molecule has 1 unspecified atom stereocenters. The molecule has 1 N–H and O–H groups in total. The van der Waals surface area contributed by atoms with Crippen LogP contribution in [0.1, 0.15) is 50.0 Å². The van der Waals surface area contributed by atoms with Crippen LogP contribution in [0.5, 0.6) is 0 Å². The van der Waals surface area contributed by atoms with Crippen molar-refractivity contribution in [1.29, 1.82) is 0 Å². The van der Waals surface area contributed by atoms with Crippen LogP contribution in [-0.4, -0.2) is 29.5 Å². The molecular weight excluding hydrogens is 430 g/mol. The van der Waals surface area contributed by atoms with Crippen molar-refractivity contribution in [3.8, 4) is 0 Å². The lowest BCUT2D eigenvalue weighted by atomic mass is 9.79. The average molecular weight is 462 g/mol. The predicted molar refractivity (Wildman–Crippen MR) is 132 cm³/mol. The first-order chi connectivity index (χ1) is 16.1. The van der Waals surface area contributed by atoms with Crippen molar-refractivity contribution in [3.63, 3.8) is 0 Å². The van der Waals surface area contributed by atoms with Crippen molar-refractivity contribution in [1.82, 2.24) is 0 Å². The third-order valence-corrected chi connectivity index (χ3v) is 5.64. The molecule has 178 valence electrons. The number of anilines is 1. The van der Waals surface area contributed by atoms with Crippen LogP contribution >= 0.6 is 0 Å². The van der Waals surface area contributed by atoms with Gasteiger partial charge in [0.2, 0.25) is 0 Å². The van der Waals surface area contributed by atoms with Crippen LogP contribution in [0.2, 0.25) is 0 Å². The van der Waals surface area contributed by atoms with Gasteiger partial charge in [0.15, 0.2) is 5.78 Å². The summed E-state index contributed by atoms with van der Waals surface area (Å²) in [6.45, 7) is 9.54. The van der Waals surface area contributed by atoms with Gasteiger partial charge in [-0.2, -0.15) is 9.59 Å². The van der Waals surface area contributed by atoms with Gasteiger partial charge < -0.3 is 10.1 Å². The van der Waals surface area contributed by atoms with Crippen LogP contribution in [0.3, 0.4) is 0 Å². The lowest BCUT2D eigenvalue weighted by Crippen LogP contribution is -2.54. The molecule has 0 aliphatic heterocycles. The van der Waals surface area contributed by atoms with E-state index in [2.05, 4.69) is 5.32 Å². The van der Waals surface area contributed by atoms with Gasteiger partial charge in [-0.1, -0.05) is 74.0 Å². The molecule has 3 aromatic rings. The zero-order valence-electron chi connectivity index (χ0n) is 20.3. The number of hydrogen-bond donors (Lipinski definition) is 1. The number of Topliss-reactive ketones (excluding diaryl/α,β-unsaturated/α-hetero) is 1. The second-order valence-electron chi connectivity index (χ2n) is 8.78. The van der Waals surface area contributed by atoms with Gasteiger partial charge in [-0.3, -0.25) is 4.79 Å². The summed E-state index contributed by atoms with van der Waals surface area (Å²) < 4.78 is 5.64. The number of ketones is 1. The Morgan fingerprint density at radius 1 is 0.912 bits per heavy atom. The van der Waals surface area contributed by atoms with E-state index in [1.165, 1.54) is 0 Å². The minimum Gasteiger partial charge on any atom is -0.461 e. The van der Waals surface area contributed by atoms with Crippen LogP contribution in [0.4, 0.5) is 5.69 Å². The van der Waals surface area contributed by atoms with Crippen LogP contribution in [-0.2, 0) is 19.1 Å². The molecule has 34 heavy (non-hydrogen) atoms. The number of hydrogen-bond acceptors (Lipinski definition) is 6. The highest BCUT2D eigenvalue weighted by Crippen LogP contribution is 2.32. The van der Waals surface area contributed by atoms with Gasteiger partial charge in [0.05, 0.1) is 6.10 Å². The molecule has 1 atom stereocenters. The molecule has 3 aromatic carbocycles. The van der Waals surface area contributed by atoms with E-state index in [1.54, 1.807) is 0 Å². The molecule has 0 spiro atoms. The summed E-state index contributed by atoms with van der Waals surface area (Å²) >= 11 is 0. The van der Waals surface area contributed by atoms with E-state index in [0.717, 1.165) is 22.0 Å². The van der Waals surface area contributed by atoms with Crippen molar-refractivity contribution in [3.05, 3.63) is 77.9 Å². The number of aryl methyl sites for hydroxylation is 1. The van der Waals surface area contributed by atoms with Crippen LogP contribution in [0, 0.1) is 12.8 Å². The van der Waals surface area contributed by atoms with Crippen molar-refractivity contribution in [2.24, 2.45) is 5.92 Å². The Hall–Kier alpha value is -3.76. The van der Waals surface area contributed by atoms with Gasteiger partial charge in [-0.25, -0.2) is 4.79 Å². The number of carbonyl (C=O) groups is 2. The highest BCUT2D eigenvalue weighted by Gasteiger charge is 2.45. The average Bonchev–Trinajstić information content (AvgIpc) is 2.79. The lowest BCUT2D eigenvalue weighted by Gasteiger charge is -2.37. The van der Waals surface area contributed by atoms with Crippen LogP contribution in [0.25, 0.3) is 10.8 Å². The SMILES string of the molecule is Cc1ccc(NC(CC(=O)c2cccc3ccccc23)(C(=O)OC(C)C)C(C)C)cc1.O=C=O. The summed E-state index contributed by atoms with van der Waals surface area (Å²) in [4.78, 5) is 43.2. The van der Waals surface area contributed by atoms with Crippen molar-refractivity contribution < 1.29 is 23.9 Å². The molecule has 0 fully saturated rings. The topological polar surface area (TPSA) is 89.5 Å². The monoisotopic (exact) mass is 461 g/mol. The van der Waals surface area contributed by atoms with E-state index in [-0.39, 0.29) is 30.4 Å². The number of esters is 1. The minimum atomic E-state index is -1.19. The first-order valence-electron chi connectivity index (χ1n) is 11.2. The normalized spacial score (nSPS) is 12.3. The zero-order chi connectivity index (χ0) is 25.3. The number of carbonyl (C=O) groups excluding carboxylic acids is 4. The molecule has 6 nitrogen and oxygen atoms in total. The van der Waals surface area contributed by atoms with Crippen molar-refractivity contribution >= 4 is 34.4 Å². The van der Waals surface area contributed by atoms with E-state index >= 15 is 0 Å². The first-order valence-corrected chi connectivity index (χ1v) is 11.2. The summed E-state index contributed by atoms with van der Waals surface area (Å²) in [6.07, 6.45) is -0.0314. The highest BCUT2D eigenvalue weighted by atomic mass is 16.5. The smallest absolute Gasteiger partial charge is 0.373 e. The summed E-state index contributed by atoms with van der Waals surface area (Å²) in [6, 6.07) is 21.3. The van der Waals surface area contributed by atoms with E-state index in [0.29, 0.717) is 5.56 Å². The fourth-order valence-electron chi connectivity index (χ4n) is 3.78. The maximum atomic E-state index is 13.6. The van der Waals surface area contributed by atoms with Gasteiger partial charge >= 0.3 is 12.1 Å². The minimum absolute atomic E-state index is 0.00188. The summed E-state index contributed by atoms with van der Waals surface area (Å²) in [7, 11) is 0. The number of benzene rings is 3. The Balaban J connectivity index is 0.00000129. The molecule has 0 amide bonds. The Kier molecular flexibility index (Phi) is 9.28. The van der Waals surface area contributed by atoms with Crippen molar-refractivity contribution in [2.75, 3.05) is 5.32 Å². The van der Waals surface area contributed by atoms with E-state index in [9.17, 15) is 9.59 Å². The molecule has 0 aromatic heterocycles. The standard InChI is InChI=1S/C27H31NO3.CO2/c1-18(2)27(26(30)31-19(3)4,28-22-15-13-20(5)14-16-22)17-25(29)24-12-8-10-21-9-6-7-11-23(21)24;2-1-3/h6-16,18-19,28H,17H2,1-5H3;. The molecule has 0 radical (unpaired) electrons. The number of fused-ring (bicyclic) bond motifs is 1. The van der Waals surface area contributed by atoms with Gasteiger partial charge in [-0.05, 0) is 49.6 Å². The van der Waals surface area contributed by atoms with Crippen LogP contribution in [0.15, 0.2) is 66.7 Å². The van der Waals surface area contributed by atoms with Gasteiger partial charge in [0, 0.05) is 17.7 Å². The summed E-state index contributed by atoms with van der Waals surface area (Å²) in [5.41, 5.74) is 1.34. The second-order valence-corrected chi connectivity index (χ2v) is 8.78. The maximum absolute atomic E-state index is 13.6. The molecule has 0 saturated heterocycles. The molecule has 3 rings (SSSR count). The largest absolute Gasteiger partial charge is 0.461 e. The fourth-order valence-corrected chi connectivity index (χ4v) is 3.78. The van der Waals surface area contributed by atoms with E-state index in [1.807, 2.05) is 101 Å².